The van der Waals surface area contributed by atoms with Gasteiger partial charge in [-0.15, -0.1) is 0 Å². The number of hydrogen-bond donors (Lipinski definition) is 1. The van der Waals surface area contributed by atoms with Crippen molar-refractivity contribution in [3.63, 3.8) is 0 Å². The van der Waals surface area contributed by atoms with Crippen molar-refractivity contribution in [1.82, 2.24) is 10.2 Å². The lowest BCUT2D eigenvalue weighted by Crippen LogP contribution is -2.49. The van der Waals surface area contributed by atoms with Crippen LogP contribution < -0.4 is 10.2 Å². The fraction of sp³-hybridized carbons (Fsp3) is 0.467. The Morgan fingerprint density at radius 2 is 1.91 bits per heavy atom. The predicted molar refractivity (Wildman–Crippen MR) is 78.1 cm³/mol. The van der Waals surface area contributed by atoms with E-state index in [-0.39, 0.29) is 30.2 Å². The third-order valence-electron chi connectivity index (χ3n) is 3.89. The van der Waals surface area contributed by atoms with Crippen molar-refractivity contribution in [3.8, 4) is 0 Å². The zero-order valence-corrected chi connectivity index (χ0v) is 12.1. The van der Waals surface area contributed by atoms with Crippen LogP contribution in [0.5, 0.6) is 0 Å². The van der Waals surface area contributed by atoms with Crippen LogP contribution in [0, 0.1) is 5.82 Å². The smallest absolute Gasteiger partial charge is 0.317 e. The van der Waals surface area contributed by atoms with Crippen molar-refractivity contribution in [2.45, 2.75) is 12.5 Å². The lowest BCUT2D eigenvalue weighted by molar-refractivity contribution is -0.117. The second kappa shape index (κ2) is 6.31. The van der Waals surface area contributed by atoms with Gasteiger partial charge in [-0.1, -0.05) is 0 Å². The molecule has 2 aliphatic heterocycles. The molecule has 0 saturated carbocycles. The highest BCUT2D eigenvalue weighted by Crippen LogP contribution is 2.22. The second-order valence-corrected chi connectivity index (χ2v) is 5.43. The molecule has 0 bridgehead atoms. The van der Waals surface area contributed by atoms with Crippen molar-refractivity contribution < 1.29 is 18.7 Å². The van der Waals surface area contributed by atoms with E-state index in [2.05, 4.69) is 5.32 Å². The number of amides is 3. The number of rotatable bonds is 2. The Kier molecular flexibility index (Phi) is 4.24. The van der Waals surface area contributed by atoms with Crippen LogP contribution in [-0.4, -0.2) is 55.7 Å². The number of carbonyl (C=O) groups is 2. The number of benzene rings is 1. The minimum atomic E-state index is -0.340. The number of halogens is 1. The first-order chi connectivity index (χ1) is 10.6. The Morgan fingerprint density at radius 3 is 2.59 bits per heavy atom. The van der Waals surface area contributed by atoms with Gasteiger partial charge in [0.25, 0.3) is 0 Å². The molecule has 7 heteroatoms. The van der Waals surface area contributed by atoms with Crippen molar-refractivity contribution in [3.05, 3.63) is 30.1 Å². The highest BCUT2D eigenvalue weighted by Gasteiger charge is 2.32. The van der Waals surface area contributed by atoms with E-state index in [0.29, 0.717) is 38.5 Å². The summed E-state index contributed by atoms with van der Waals surface area (Å²) >= 11 is 0. The Morgan fingerprint density at radius 1 is 1.23 bits per heavy atom. The molecule has 6 nitrogen and oxygen atoms in total. The molecule has 2 aliphatic rings. The Hall–Kier alpha value is -2.15. The summed E-state index contributed by atoms with van der Waals surface area (Å²) in [6.07, 6.45) is 0.257. The topological polar surface area (TPSA) is 61.9 Å². The molecule has 0 unspecified atom stereocenters. The van der Waals surface area contributed by atoms with Gasteiger partial charge < -0.3 is 19.9 Å². The van der Waals surface area contributed by atoms with Gasteiger partial charge in [-0.25, -0.2) is 9.18 Å². The average molecular weight is 307 g/mol. The van der Waals surface area contributed by atoms with Gasteiger partial charge in [0.1, 0.15) is 5.82 Å². The molecule has 0 radical (unpaired) electrons. The SMILES string of the molecule is O=C(N[C@@H]1CC(=O)N(c2ccc(F)cc2)C1)N1CCOCC1. The number of hydrogen-bond acceptors (Lipinski definition) is 3. The van der Waals surface area contributed by atoms with Gasteiger partial charge >= 0.3 is 6.03 Å². The fourth-order valence-corrected chi connectivity index (χ4v) is 2.71. The van der Waals surface area contributed by atoms with Gasteiger partial charge in [0.15, 0.2) is 0 Å². The van der Waals surface area contributed by atoms with E-state index in [1.54, 1.807) is 21.9 Å². The first-order valence-corrected chi connectivity index (χ1v) is 7.32. The highest BCUT2D eigenvalue weighted by molar-refractivity contribution is 5.96. The summed E-state index contributed by atoms with van der Waals surface area (Å²) in [5, 5.41) is 2.88. The number of nitrogens with one attached hydrogen (secondary N) is 1. The Balaban J connectivity index is 1.59. The van der Waals surface area contributed by atoms with Crippen molar-refractivity contribution >= 4 is 17.6 Å². The number of ether oxygens (including phenoxy) is 1. The van der Waals surface area contributed by atoms with Gasteiger partial charge in [-0.2, -0.15) is 0 Å². The third-order valence-corrected chi connectivity index (χ3v) is 3.89. The van der Waals surface area contributed by atoms with Crippen LogP contribution in [0.25, 0.3) is 0 Å². The van der Waals surface area contributed by atoms with Crippen molar-refractivity contribution in [1.29, 1.82) is 0 Å². The largest absolute Gasteiger partial charge is 0.378 e. The summed E-state index contributed by atoms with van der Waals surface area (Å²) in [5.41, 5.74) is 0.648. The van der Waals surface area contributed by atoms with Crippen LogP contribution in [0.1, 0.15) is 6.42 Å². The van der Waals surface area contributed by atoms with E-state index >= 15 is 0 Å². The maximum Gasteiger partial charge on any atom is 0.317 e. The summed E-state index contributed by atoms with van der Waals surface area (Å²) in [5.74, 6) is -0.411. The number of urea groups is 1. The van der Waals surface area contributed by atoms with Crippen LogP contribution >= 0.6 is 0 Å². The van der Waals surface area contributed by atoms with E-state index in [1.807, 2.05) is 0 Å². The lowest BCUT2D eigenvalue weighted by Gasteiger charge is -2.28. The Bertz CT molecular complexity index is 558. The fourth-order valence-electron chi connectivity index (χ4n) is 2.71. The monoisotopic (exact) mass is 307 g/mol. The normalized spacial score (nSPS) is 22.0. The molecule has 3 amide bonds. The lowest BCUT2D eigenvalue weighted by atomic mass is 10.2. The molecule has 2 fully saturated rings. The number of nitrogens with zero attached hydrogens (tertiary/aromatic N) is 2. The molecule has 1 N–H and O–H groups in total. The van der Waals surface area contributed by atoms with Gasteiger partial charge in [-0.3, -0.25) is 4.79 Å². The number of anilines is 1. The van der Waals surface area contributed by atoms with Crippen LogP contribution in [0.15, 0.2) is 24.3 Å². The third kappa shape index (κ3) is 3.19. The summed E-state index contributed by atoms with van der Waals surface area (Å²) in [4.78, 5) is 27.5. The van der Waals surface area contributed by atoms with Crippen LogP contribution in [0.3, 0.4) is 0 Å². The molecule has 1 aromatic rings. The molecule has 0 spiro atoms. The molecule has 1 aromatic carbocycles. The van der Waals surface area contributed by atoms with Crippen LogP contribution in [0.2, 0.25) is 0 Å². The molecule has 2 heterocycles. The molecule has 2 saturated heterocycles. The molecule has 118 valence electrons. The van der Waals surface area contributed by atoms with E-state index in [1.165, 1.54) is 12.1 Å². The minimum absolute atomic E-state index is 0.0705. The average Bonchev–Trinajstić information content (AvgIpc) is 2.89. The quantitative estimate of drug-likeness (QED) is 0.886. The molecule has 0 aliphatic carbocycles. The van der Waals surface area contributed by atoms with Gasteiger partial charge in [0.05, 0.1) is 19.3 Å². The minimum Gasteiger partial charge on any atom is -0.378 e. The van der Waals surface area contributed by atoms with Crippen LogP contribution in [-0.2, 0) is 9.53 Å². The maximum atomic E-state index is 12.9. The van der Waals surface area contributed by atoms with Crippen molar-refractivity contribution in [2.24, 2.45) is 0 Å². The van der Waals surface area contributed by atoms with Gasteiger partial charge in [0.2, 0.25) is 5.91 Å². The standard InChI is InChI=1S/C15H18FN3O3/c16-11-1-3-13(4-2-11)19-10-12(9-14(19)20)17-15(21)18-5-7-22-8-6-18/h1-4,12H,5-10H2,(H,17,21)/t12-/m1/s1. The second-order valence-electron chi connectivity index (χ2n) is 5.43. The first kappa shape index (κ1) is 14.8. The van der Waals surface area contributed by atoms with E-state index in [9.17, 15) is 14.0 Å². The summed E-state index contributed by atoms with van der Waals surface area (Å²) in [6, 6.07) is 5.39. The summed E-state index contributed by atoms with van der Waals surface area (Å²) < 4.78 is 18.2. The van der Waals surface area contributed by atoms with Crippen LogP contribution in [0.4, 0.5) is 14.9 Å². The molecular formula is C15H18FN3O3. The van der Waals surface area contributed by atoms with Gasteiger partial charge in [-0.05, 0) is 24.3 Å². The number of carbonyl (C=O) groups excluding carboxylic acids is 2. The molecule has 3 rings (SSSR count). The van der Waals surface area contributed by atoms with E-state index in [0.717, 1.165) is 0 Å². The molecule has 1 atom stereocenters. The van der Waals surface area contributed by atoms with Gasteiger partial charge in [0, 0.05) is 31.7 Å². The zero-order valence-electron chi connectivity index (χ0n) is 12.1. The van der Waals surface area contributed by atoms with E-state index < -0.39 is 0 Å². The first-order valence-electron chi connectivity index (χ1n) is 7.32. The summed E-state index contributed by atoms with van der Waals surface area (Å²) in [7, 11) is 0. The Labute approximate surface area is 127 Å². The number of morpholine rings is 1. The zero-order chi connectivity index (χ0) is 15.5. The molecule has 0 aromatic heterocycles. The maximum absolute atomic E-state index is 12.9. The molecular weight excluding hydrogens is 289 g/mol. The predicted octanol–water partition coefficient (Wildman–Crippen LogP) is 0.973. The summed E-state index contributed by atoms with van der Waals surface area (Å²) in [6.45, 7) is 2.61. The van der Waals surface area contributed by atoms with E-state index in [4.69, 9.17) is 4.74 Å². The van der Waals surface area contributed by atoms with Crippen molar-refractivity contribution in [2.75, 3.05) is 37.7 Å². The highest BCUT2D eigenvalue weighted by atomic mass is 19.1. The molecule has 22 heavy (non-hydrogen) atoms.